The fraction of sp³-hybridized carbons (Fsp3) is 0.409. The Bertz CT molecular complexity index is 1010. The number of sulfonamides is 1. The topological polar surface area (TPSA) is 69.7 Å². The van der Waals surface area contributed by atoms with Gasteiger partial charge in [0.25, 0.3) is 5.91 Å². The lowest BCUT2D eigenvalue weighted by atomic mass is 10.0. The third-order valence-electron chi connectivity index (χ3n) is 5.49. The highest BCUT2D eigenvalue weighted by atomic mass is 79.9. The number of carbonyl (C=O) groups is 1. The van der Waals surface area contributed by atoms with Gasteiger partial charge in [-0.25, -0.2) is 12.7 Å². The van der Waals surface area contributed by atoms with Crippen LogP contribution in [0.15, 0.2) is 51.8 Å². The zero-order chi connectivity index (χ0) is 21.9. The fourth-order valence-corrected chi connectivity index (χ4v) is 5.41. The molecule has 0 radical (unpaired) electrons. The van der Waals surface area contributed by atoms with Crippen LogP contribution in [0.25, 0.3) is 0 Å². The summed E-state index contributed by atoms with van der Waals surface area (Å²) >= 11 is 3.26. The Hall–Kier alpha value is -1.74. The van der Waals surface area contributed by atoms with Gasteiger partial charge in [-0.1, -0.05) is 18.6 Å². The van der Waals surface area contributed by atoms with Crippen molar-refractivity contribution in [2.45, 2.75) is 43.7 Å². The summed E-state index contributed by atoms with van der Waals surface area (Å²) in [6, 6.07) is 13.0. The van der Waals surface area contributed by atoms with Crippen LogP contribution >= 0.6 is 15.9 Å². The highest BCUT2D eigenvalue weighted by Gasteiger charge is 2.22. The summed E-state index contributed by atoms with van der Waals surface area (Å²) < 4.78 is 26.5. The van der Waals surface area contributed by atoms with Crippen molar-refractivity contribution in [1.29, 1.82) is 0 Å². The van der Waals surface area contributed by atoms with Gasteiger partial charge < -0.3 is 5.32 Å². The van der Waals surface area contributed by atoms with Crippen molar-refractivity contribution in [2.24, 2.45) is 0 Å². The molecule has 1 heterocycles. The first kappa shape index (κ1) is 22.9. The van der Waals surface area contributed by atoms with Crippen LogP contribution in [0.1, 0.15) is 42.1 Å². The number of anilines is 1. The van der Waals surface area contributed by atoms with Gasteiger partial charge in [-0.2, -0.15) is 0 Å². The van der Waals surface area contributed by atoms with E-state index in [-0.39, 0.29) is 16.4 Å². The molecule has 1 saturated heterocycles. The first-order valence-corrected chi connectivity index (χ1v) is 12.3. The largest absolute Gasteiger partial charge is 0.322 e. The van der Waals surface area contributed by atoms with E-state index in [2.05, 4.69) is 33.1 Å². The molecule has 0 aromatic heterocycles. The van der Waals surface area contributed by atoms with Crippen LogP contribution in [0.3, 0.4) is 0 Å². The Morgan fingerprint density at radius 1 is 1.17 bits per heavy atom. The van der Waals surface area contributed by atoms with E-state index in [1.165, 1.54) is 45.0 Å². The van der Waals surface area contributed by atoms with Crippen LogP contribution in [0, 0.1) is 0 Å². The summed E-state index contributed by atoms with van der Waals surface area (Å²) in [7, 11) is -0.741. The van der Waals surface area contributed by atoms with E-state index in [4.69, 9.17) is 0 Å². The van der Waals surface area contributed by atoms with Gasteiger partial charge in [-0.15, -0.1) is 0 Å². The Kier molecular flexibility index (Phi) is 7.34. The van der Waals surface area contributed by atoms with Gasteiger partial charge in [0.15, 0.2) is 0 Å². The van der Waals surface area contributed by atoms with E-state index in [9.17, 15) is 13.2 Å². The molecule has 1 aliphatic rings. The summed E-state index contributed by atoms with van der Waals surface area (Å²) in [4.78, 5) is 15.2. The molecular formula is C22H28BrN3O3S. The van der Waals surface area contributed by atoms with Gasteiger partial charge in [-0.05, 0) is 78.1 Å². The lowest BCUT2D eigenvalue weighted by Crippen LogP contribution is -2.36. The van der Waals surface area contributed by atoms with Gasteiger partial charge in [0.05, 0.1) is 4.90 Å². The molecule has 1 N–H and O–H groups in total. The maximum atomic E-state index is 12.7. The number of rotatable bonds is 6. The average molecular weight is 494 g/mol. The van der Waals surface area contributed by atoms with Crippen molar-refractivity contribution >= 4 is 37.5 Å². The fourth-order valence-electron chi connectivity index (χ4n) is 3.56. The highest BCUT2D eigenvalue weighted by molar-refractivity contribution is 9.10. The first-order valence-electron chi connectivity index (χ1n) is 10.0. The number of hydrogen-bond acceptors (Lipinski definition) is 4. The lowest BCUT2D eigenvalue weighted by Gasteiger charge is -2.33. The minimum absolute atomic E-state index is 0.0612. The quantitative estimate of drug-likeness (QED) is 0.650. The van der Waals surface area contributed by atoms with Crippen molar-refractivity contribution < 1.29 is 13.2 Å². The van der Waals surface area contributed by atoms with Crippen molar-refractivity contribution in [3.8, 4) is 0 Å². The summed E-state index contributed by atoms with van der Waals surface area (Å²) in [5.41, 5.74) is 2.17. The Morgan fingerprint density at radius 3 is 2.50 bits per heavy atom. The van der Waals surface area contributed by atoms with E-state index in [1.54, 1.807) is 12.1 Å². The molecular weight excluding hydrogens is 466 g/mol. The Morgan fingerprint density at radius 2 is 1.87 bits per heavy atom. The van der Waals surface area contributed by atoms with Crippen LogP contribution in [-0.2, 0) is 16.6 Å². The standard InChI is InChI=1S/C22H28BrN3O3S/c1-16-6-4-5-13-26(16)15-17-7-10-19(11-8-17)24-22(27)18-9-12-20(23)21(14-18)30(28,29)25(2)3/h7-12,14,16H,4-6,13,15H2,1-3H3,(H,24,27). The van der Waals surface area contributed by atoms with Gasteiger partial charge in [0, 0.05) is 42.4 Å². The van der Waals surface area contributed by atoms with Gasteiger partial charge >= 0.3 is 0 Å². The molecule has 0 saturated carbocycles. The third kappa shape index (κ3) is 5.29. The number of hydrogen-bond donors (Lipinski definition) is 1. The lowest BCUT2D eigenvalue weighted by molar-refractivity contribution is 0.102. The highest BCUT2D eigenvalue weighted by Crippen LogP contribution is 2.26. The maximum absolute atomic E-state index is 12.7. The van der Waals surface area contributed by atoms with E-state index >= 15 is 0 Å². The second kappa shape index (κ2) is 9.60. The summed E-state index contributed by atoms with van der Waals surface area (Å²) in [6.45, 7) is 4.31. The molecule has 8 heteroatoms. The number of nitrogens with one attached hydrogen (secondary N) is 1. The summed E-state index contributed by atoms with van der Waals surface area (Å²) in [5, 5.41) is 2.85. The number of benzene rings is 2. The van der Waals surface area contributed by atoms with Crippen molar-refractivity contribution in [1.82, 2.24) is 9.21 Å². The number of halogens is 1. The molecule has 2 aromatic rings. The van der Waals surface area contributed by atoms with Crippen molar-refractivity contribution in [3.63, 3.8) is 0 Å². The molecule has 6 nitrogen and oxygen atoms in total. The Labute approximate surface area is 187 Å². The second-order valence-corrected chi connectivity index (χ2v) is 10.9. The van der Waals surface area contributed by atoms with E-state index in [1.807, 2.05) is 24.3 Å². The number of piperidine rings is 1. The van der Waals surface area contributed by atoms with Crippen LogP contribution in [0.5, 0.6) is 0 Å². The molecule has 30 heavy (non-hydrogen) atoms. The van der Waals surface area contributed by atoms with Crippen LogP contribution < -0.4 is 5.32 Å². The second-order valence-electron chi connectivity index (χ2n) is 7.90. The van der Waals surface area contributed by atoms with E-state index < -0.39 is 10.0 Å². The zero-order valence-corrected chi connectivity index (χ0v) is 20.0. The zero-order valence-electron chi connectivity index (χ0n) is 17.6. The molecule has 1 aliphatic heterocycles. The van der Waals surface area contributed by atoms with Crippen molar-refractivity contribution in [3.05, 3.63) is 58.1 Å². The number of amides is 1. The smallest absolute Gasteiger partial charge is 0.255 e. The third-order valence-corrected chi connectivity index (χ3v) is 8.30. The molecule has 1 atom stereocenters. The van der Waals surface area contributed by atoms with Crippen LogP contribution in [-0.4, -0.2) is 50.2 Å². The van der Waals surface area contributed by atoms with Gasteiger partial charge in [-0.3, -0.25) is 9.69 Å². The van der Waals surface area contributed by atoms with E-state index in [0.717, 1.165) is 17.4 Å². The molecule has 0 spiro atoms. The molecule has 1 unspecified atom stereocenters. The predicted molar refractivity (Wildman–Crippen MR) is 123 cm³/mol. The molecule has 0 aliphatic carbocycles. The van der Waals surface area contributed by atoms with Crippen LogP contribution in [0.4, 0.5) is 5.69 Å². The predicted octanol–water partition coefficient (Wildman–Crippen LogP) is 4.33. The van der Waals surface area contributed by atoms with Crippen molar-refractivity contribution in [2.75, 3.05) is 26.0 Å². The monoisotopic (exact) mass is 493 g/mol. The minimum atomic E-state index is -3.66. The minimum Gasteiger partial charge on any atom is -0.322 e. The molecule has 1 fully saturated rings. The Balaban J connectivity index is 1.70. The summed E-state index contributed by atoms with van der Waals surface area (Å²) in [5.74, 6) is -0.352. The summed E-state index contributed by atoms with van der Waals surface area (Å²) in [6.07, 6.45) is 3.79. The molecule has 0 bridgehead atoms. The SMILES string of the molecule is CC1CCCCN1Cc1ccc(NC(=O)c2ccc(Br)c(S(=O)(=O)N(C)C)c2)cc1. The molecule has 2 aromatic carbocycles. The van der Waals surface area contributed by atoms with Crippen LogP contribution in [0.2, 0.25) is 0 Å². The molecule has 1 amide bonds. The molecule has 162 valence electrons. The van der Waals surface area contributed by atoms with Gasteiger partial charge in [0.1, 0.15) is 0 Å². The number of carbonyl (C=O) groups excluding carboxylic acids is 1. The average Bonchev–Trinajstić information content (AvgIpc) is 2.71. The number of nitrogens with zero attached hydrogens (tertiary/aromatic N) is 2. The van der Waals surface area contributed by atoms with E-state index in [0.29, 0.717) is 16.2 Å². The van der Waals surface area contributed by atoms with Gasteiger partial charge in [0.2, 0.25) is 10.0 Å². The first-order chi connectivity index (χ1) is 14.2. The molecule has 3 rings (SSSR count). The maximum Gasteiger partial charge on any atom is 0.255 e. The number of likely N-dealkylation sites (tertiary alicyclic amines) is 1. The normalized spacial score (nSPS) is 17.8.